The van der Waals surface area contributed by atoms with Gasteiger partial charge in [0.1, 0.15) is 8.07 Å². The van der Waals surface area contributed by atoms with Crippen molar-refractivity contribution in [3.05, 3.63) is 140 Å². The number of fused-ring (bicyclic) bond motifs is 9. The van der Waals surface area contributed by atoms with Gasteiger partial charge in [-0.25, -0.2) is 9.97 Å². The Kier molecular flexibility index (Phi) is 5.60. The number of hydrogen-bond donors (Lipinski definition) is 0. The summed E-state index contributed by atoms with van der Waals surface area (Å²) in [4.78, 5) is 11.0. The van der Waals surface area contributed by atoms with Crippen LogP contribution in [0.25, 0.3) is 81.4 Å². The monoisotopic (exact) mass is 635 g/mol. The molecule has 0 atom stereocenters. The van der Waals surface area contributed by atoms with E-state index in [-0.39, 0.29) is 0 Å². The molecule has 0 saturated heterocycles. The van der Waals surface area contributed by atoms with E-state index in [0.717, 1.165) is 28.3 Å². The molecule has 6 aromatic carbocycles. The molecule has 3 aromatic heterocycles. The second-order valence-corrected chi connectivity index (χ2v) is 18.3. The molecule has 9 aromatic rings. The predicted octanol–water partition coefficient (Wildman–Crippen LogP) is 10.1. The smallest absolute Gasteiger partial charge is 0.161 e. The molecule has 5 heteroatoms. The number of aromatic nitrogens is 3. The van der Waals surface area contributed by atoms with Gasteiger partial charge in [0.2, 0.25) is 0 Å². The first-order valence-electron chi connectivity index (χ1n) is 16.1. The Morgan fingerprint density at radius 2 is 1.26 bits per heavy atom. The Hall–Kier alpha value is -5.36. The zero-order valence-electron chi connectivity index (χ0n) is 26.0. The second kappa shape index (κ2) is 9.82. The van der Waals surface area contributed by atoms with Crippen molar-refractivity contribution in [3.8, 4) is 39.5 Å². The lowest BCUT2D eigenvalue weighted by molar-refractivity contribution is 1.15. The fraction of sp³-hybridized carbons (Fsp3) is 0.0476. The van der Waals surface area contributed by atoms with Crippen LogP contribution in [0.15, 0.2) is 140 Å². The molecule has 4 heterocycles. The molecule has 0 saturated carbocycles. The molecule has 1 aliphatic rings. The molecule has 3 nitrogen and oxygen atoms in total. The summed E-state index contributed by atoms with van der Waals surface area (Å²) in [6.07, 6.45) is 0. The van der Waals surface area contributed by atoms with Crippen LogP contribution in [-0.4, -0.2) is 22.6 Å². The van der Waals surface area contributed by atoms with E-state index in [4.69, 9.17) is 9.97 Å². The van der Waals surface area contributed by atoms with Crippen LogP contribution in [0, 0.1) is 0 Å². The van der Waals surface area contributed by atoms with Gasteiger partial charge < -0.3 is 4.57 Å². The number of nitrogens with zero attached hydrogens (tertiary/aromatic N) is 3. The first-order chi connectivity index (χ1) is 23.1. The summed E-state index contributed by atoms with van der Waals surface area (Å²) >= 11 is 1.87. The molecular formula is C42H29N3SSi. The van der Waals surface area contributed by atoms with Crippen LogP contribution in [0.2, 0.25) is 13.1 Å². The van der Waals surface area contributed by atoms with Crippen molar-refractivity contribution in [3.63, 3.8) is 0 Å². The predicted molar refractivity (Wildman–Crippen MR) is 202 cm³/mol. The third-order valence-electron chi connectivity index (χ3n) is 9.97. The van der Waals surface area contributed by atoms with E-state index in [1.165, 1.54) is 63.6 Å². The maximum absolute atomic E-state index is 5.53. The lowest BCUT2D eigenvalue weighted by atomic mass is 10.0. The van der Waals surface area contributed by atoms with Crippen LogP contribution in [0.1, 0.15) is 0 Å². The first-order valence-corrected chi connectivity index (χ1v) is 19.9. The molecule has 47 heavy (non-hydrogen) atoms. The van der Waals surface area contributed by atoms with E-state index < -0.39 is 8.07 Å². The highest BCUT2D eigenvalue weighted by Crippen LogP contribution is 2.42. The van der Waals surface area contributed by atoms with Gasteiger partial charge >= 0.3 is 0 Å². The quantitative estimate of drug-likeness (QED) is 0.181. The zero-order valence-corrected chi connectivity index (χ0v) is 27.8. The standard InChI is InChI=1S/C42H29N3SSi/c1-47(2)38-23-13-9-19-30(38)39-40(26-14-4-3-5-15-26)43-41(44-42(39)47)29-18-7-11-21-34(29)45-33-20-10-6-16-27(33)31-25-37-32(24-35(31)45)28-17-8-12-22-36(28)46-37/h3-25H,1-2H3. The number of rotatable bonds is 3. The van der Waals surface area contributed by atoms with Crippen molar-refractivity contribution in [2.75, 3.05) is 0 Å². The normalized spacial score (nSPS) is 13.5. The minimum Gasteiger partial charge on any atom is -0.308 e. The molecule has 0 aliphatic carbocycles. The molecule has 10 rings (SSSR count). The van der Waals surface area contributed by atoms with Crippen LogP contribution < -0.4 is 10.5 Å². The van der Waals surface area contributed by atoms with Gasteiger partial charge in [-0.2, -0.15) is 0 Å². The van der Waals surface area contributed by atoms with E-state index in [1.54, 1.807) is 0 Å². The second-order valence-electron chi connectivity index (χ2n) is 13.0. The van der Waals surface area contributed by atoms with Gasteiger partial charge in [-0.3, -0.25) is 0 Å². The van der Waals surface area contributed by atoms with Crippen LogP contribution in [0.3, 0.4) is 0 Å². The highest BCUT2D eigenvalue weighted by molar-refractivity contribution is 7.25. The molecule has 0 radical (unpaired) electrons. The van der Waals surface area contributed by atoms with Crippen LogP contribution in [-0.2, 0) is 0 Å². The van der Waals surface area contributed by atoms with Crippen molar-refractivity contribution < 1.29 is 0 Å². The summed E-state index contributed by atoms with van der Waals surface area (Å²) in [7, 11) is -2.09. The van der Waals surface area contributed by atoms with Crippen molar-refractivity contribution in [1.29, 1.82) is 0 Å². The average Bonchev–Trinajstić information content (AvgIpc) is 3.72. The fourth-order valence-corrected chi connectivity index (χ4v) is 11.8. The summed E-state index contributed by atoms with van der Waals surface area (Å²) in [6, 6.07) is 50.5. The molecule has 0 unspecified atom stereocenters. The Labute approximate surface area is 277 Å². The summed E-state index contributed by atoms with van der Waals surface area (Å²) < 4.78 is 5.07. The van der Waals surface area contributed by atoms with Gasteiger partial charge in [0.25, 0.3) is 0 Å². The Morgan fingerprint density at radius 3 is 2.13 bits per heavy atom. The molecule has 0 spiro atoms. The van der Waals surface area contributed by atoms with Gasteiger partial charge in [-0.05, 0) is 47.1 Å². The van der Waals surface area contributed by atoms with Gasteiger partial charge in [0, 0.05) is 53.0 Å². The lowest BCUT2D eigenvalue weighted by Crippen LogP contribution is -2.50. The molecule has 0 fully saturated rings. The summed E-state index contributed by atoms with van der Waals surface area (Å²) in [5, 5.41) is 7.76. The molecule has 222 valence electrons. The highest BCUT2D eigenvalue weighted by Gasteiger charge is 2.41. The Balaban J connectivity index is 1.29. The third kappa shape index (κ3) is 3.78. The van der Waals surface area contributed by atoms with Crippen LogP contribution >= 0.6 is 11.3 Å². The molecule has 0 amide bonds. The molecule has 0 N–H and O–H groups in total. The Bertz CT molecular complexity index is 2720. The number of thiophene rings is 1. The lowest BCUT2D eigenvalue weighted by Gasteiger charge is -2.20. The summed E-state index contributed by atoms with van der Waals surface area (Å²) in [5.74, 6) is 0.777. The largest absolute Gasteiger partial charge is 0.308 e. The van der Waals surface area contributed by atoms with Crippen molar-refractivity contribution in [2.45, 2.75) is 13.1 Å². The fourth-order valence-electron chi connectivity index (χ4n) is 7.77. The molecule has 1 aliphatic heterocycles. The van der Waals surface area contributed by atoms with Gasteiger partial charge in [0.15, 0.2) is 5.82 Å². The van der Waals surface area contributed by atoms with E-state index in [9.17, 15) is 0 Å². The summed E-state index contributed by atoms with van der Waals surface area (Å²) in [5.41, 5.74) is 9.12. The van der Waals surface area contributed by atoms with Gasteiger partial charge in [-0.15, -0.1) is 11.3 Å². The minimum absolute atomic E-state index is 0.777. The maximum atomic E-state index is 5.53. The maximum Gasteiger partial charge on any atom is 0.161 e. The average molecular weight is 636 g/mol. The number of benzene rings is 6. The number of hydrogen-bond acceptors (Lipinski definition) is 3. The number of para-hydroxylation sites is 2. The topological polar surface area (TPSA) is 30.7 Å². The van der Waals surface area contributed by atoms with Crippen molar-refractivity contribution >= 4 is 71.9 Å². The van der Waals surface area contributed by atoms with E-state index in [1.807, 2.05) is 11.3 Å². The zero-order chi connectivity index (χ0) is 31.3. The van der Waals surface area contributed by atoms with E-state index in [2.05, 4.69) is 157 Å². The highest BCUT2D eigenvalue weighted by atomic mass is 32.1. The van der Waals surface area contributed by atoms with Gasteiger partial charge in [0.05, 0.1) is 22.4 Å². The van der Waals surface area contributed by atoms with Crippen LogP contribution in [0.4, 0.5) is 0 Å². The third-order valence-corrected chi connectivity index (χ3v) is 14.4. The summed E-state index contributed by atoms with van der Waals surface area (Å²) in [6.45, 7) is 4.86. The van der Waals surface area contributed by atoms with E-state index >= 15 is 0 Å². The molecular weight excluding hydrogens is 607 g/mol. The first kappa shape index (κ1) is 26.8. The SMILES string of the molecule is C[Si]1(C)c2ccccc2-c2c(-c3ccccc3)nc(-c3ccccc3-n3c4ccccc4c4cc5sc6ccccc6c5cc43)nc21. The Morgan fingerprint density at radius 1 is 0.553 bits per heavy atom. The minimum atomic E-state index is -2.09. The van der Waals surface area contributed by atoms with Gasteiger partial charge in [-0.1, -0.05) is 116 Å². The van der Waals surface area contributed by atoms with Crippen molar-refractivity contribution in [1.82, 2.24) is 14.5 Å². The van der Waals surface area contributed by atoms with E-state index in [0.29, 0.717) is 0 Å². The van der Waals surface area contributed by atoms with Crippen LogP contribution in [0.5, 0.6) is 0 Å². The molecule has 0 bridgehead atoms. The van der Waals surface area contributed by atoms with Crippen molar-refractivity contribution in [2.24, 2.45) is 0 Å².